The van der Waals surface area contributed by atoms with Gasteiger partial charge in [0.15, 0.2) is 0 Å². The number of esters is 1. The molecule has 3 amide bonds. The number of urea groups is 1. The molecule has 0 spiro atoms. The average molecular weight is 610 g/mol. The maximum atomic E-state index is 14.1. The molecule has 226 valence electrons. The van der Waals surface area contributed by atoms with E-state index < -0.39 is 12.0 Å². The highest BCUT2D eigenvalue weighted by Gasteiger charge is 2.36. The number of aryl methyl sites for hydroxylation is 1. The van der Waals surface area contributed by atoms with Crippen molar-refractivity contribution >= 4 is 35.2 Å². The summed E-state index contributed by atoms with van der Waals surface area (Å²) in [6.07, 6.45) is 2.65. The fourth-order valence-electron chi connectivity index (χ4n) is 5.86. The molecule has 0 heterocycles. The lowest BCUT2D eigenvalue weighted by Gasteiger charge is -2.42. The van der Waals surface area contributed by atoms with Crippen molar-refractivity contribution in [2.45, 2.75) is 38.8 Å². The Bertz CT molecular complexity index is 1590. The van der Waals surface area contributed by atoms with Crippen molar-refractivity contribution in [2.24, 2.45) is 5.92 Å². The van der Waals surface area contributed by atoms with Crippen molar-refractivity contribution < 1.29 is 19.1 Å². The zero-order valence-corrected chi connectivity index (χ0v) is 25.4. The third kappa shape index (κ3) is 7.85. The van der Waals surface area contributed by atoms with Crippen molar-refractivity contribution in [2.75, 3.05) is 18.5 Å². The number of nitrogens with one attached hydrogen (secondary N) is 2. The summed E-state index contributed by atoms with van der Waals surface area (Å²) in [5, 5.41) is 6.15. The molecule has 2 atom stereocenters. The summed E-state index contributed by atoms with van der Waals surface area (Å²) in [4.78, 5) is 41.0. The SMILES string of the molecule is CCOC(=O)c1cccc(NC(=O)NCC(=O)N(Cc2ccccc2)C2c3ccccc3CCC2Cc2ccc(Cl)cc2)c1. The zero-order valence-electron chi connectivity index (χ0n) is 24.7. The standard InChI is InChI=1S/C36H36ClN3O4/c1-2-44-35(42)29-12-8-13-31(22-29)39-36(43)38-23-33(41)40(24-26-9-4-3-5-10-26)34-28(21-25-15-19-30(37)20-16-25)18-17-27-11-6-7-14-32(27)34/h3-16,19-20,22,28,34H,2,17-18,21,23-24H2,1H3,(H2,38,39,43). The van der Waals surface area contributed by atoms with E-state index in [1.807, 2.05) is 71.6 Å². The molecule has 7 nitrogen and oxygen atoms in total. The van der Waals surface area contributed by atoms with Gasteiger partial charge in [-0.1, -0.05) is 84.4 Å². The molecule has 4 aromatic rings. The van der Waals surface area contributed by atoms with Gasteiger partial charge in [-0.2, -0.15) is 0 Å². The van der Waals surface area contributed by atoms with Crippen molar-refractivity contribution in [3.63, 3.8) is 0 Å². The molecule has 4 aromatic carbocycles. The van der Waals surface area contributed by atoms with Crippen molar-refractivity contribution in [3.05, 3.63) is 136 Å². The van der Waals surface area contributed by atoms with E-state index in [-0.39, 0.29) is 31.0 Å². The maximum Gasteiger partial charge on any atom is 0.338 e. The Hall–Kier alpha value is -4.62. The lowest BCUT2D eigenvalue weighted by atomic mass is 9.76. The Morgan fingerprint density at radius 3 is 2.41 bits per heavy atom. The summed E-state index contributed by atoms with van der Waals surface area (Å²) < 4.78 is 5.05. The van der Waals surface area contributed by atoms with Crippen LogP contribution in [0.4, 0.5) is 10.5 Å². The molecule has 0 saturated heterocycles. The topological polar surface area (TPSA) is 87.7 Å². The molecule has 2 unspecified atom stereocenters. The van der Waals surface area contributed by atoms with Gasteiger partial charge in [0, 0.05) is 17.3 Å². The fourth-order valence-corrected chi connectivity index (χ4v) is 5.98. The van der Waals surface area contributed by atoms with Crippen LogP contribution in [-0.2, 0) is 28.9 Å². The first-order chi connectivity index (χ1) is 21.4. The smallest absolute Gasteiger partial charge is 0.338 e. The van der Waals surface area contributed by atoms with Gasteiger partial charge in [0.1, 0.15) is 0 Å². The van der Waals surface area contributed by atoms with Crippen LogP contribution in [0.2, 0.25) is 5.02 Å². The van der Waals surface area contributed by atoms with Crippen molar-refractivity contribution in [1.82, 2.24) is 10.2 Å². The van der Waals surface area contributed by atoms with Gasteiger partial charge in [0.2, 0.25) is 5.91 Å². The minimum atomic E-state index is -0.541. The van der Waals surface area contributed by atoms with E-state index in [0.29, 0.717) is 22.8 Å². The second-order valence-electron chi connectivity index (χ2n) is 10.9. The van der Waals surface area contributed by atoms with E-state index >= 15 is 0 Å². The summed E-state index contributed by atoms with van der Waals surface area (Å²) in [7, 11) is 0. The predicted octanol–water partition coefficient (Wildman–Crippen LogP) is 7.21. The fraction of sp³-hybridized carbons (Fsp3) is 0.250. The number of hydrogen-bond acceptors (Lipinski definition) is 4. The van der Waals surface area contributed by atoms with Gasteiger partial charge in [-0.05, 0) is 84.7 Å². The number of ether oxygens (including phenoxy) is 1. The third-order valence-corrected chi connectivity index (χ3v) is 8.15. The van der Waals surface area contributed by atoms with E-state index in [0.717, 1.165) is 30.4 Å². The number of fused-ring (bicyclic) bond motifs is 1. The van der Waals surface area contributed by atoms with Crippen LogP contribution in [0.15, 0.2) is 103 Å². The lowest BCUT2D eigenvalue weighted by molar-refractivity contribution is -0.135. The van der Waals surface area contributed by atoms with E-state index in [1.54, 1.807) is 31.2 Å². The average Bonchev–Trinajstić information content (AvgIpc) is 3.04. The summed E-state index contributed by atoms with van der Waals surface area (Å²) in [6, 6.07) is 31.9. The van der Waals surface area contributed by atoms with E-state index in [4.69, 9.17) is 16.3 Å². The van der Waals surface area contributed by atoms with Gasteiger partial charge in [-0.15, -0.1) is 0 Å². The summed E-state index contributed by atoms with van der Waals surface area (Å²) in [6.45, 7) is 2.20. The number of benzene rings is 4. The number of rotatable bonds is 10. The summed E-state index contributed by atoms with van der Waals surface area (Å²) >= 11 is 6.16. The van der Waals surface area contributed by atoms with Crippen LogP contribution < -0.4 is 10.6 Å². The second-order valence-corrected chi connectivity index (χ2v) is 11.3. The number of nitrogens with zero attached hydrogens (tertiary/aromatic N) is 1. The van der Waals surface area contributed by atoms with Gasteiger partial charge >= 0.3 is 12.0 Å². The summed E-state index contributed by atoms with van der Waals surface area (Å²) in [5.74, 6) is -0.491. The Morgan fingerprint density at radius 1 is 0.886 bits per heavy atom. The Kier molecular flexibility index (Phi) is 10.3. The number of anilines is 1. The molecule has 0 fully saturated rings. The summed E-state index contributed by atoms with van der Waals surface area (Å²) in [5.41, 5.74) is 5.31. The molecule has 0 aromatic heterocycles. The second kappa shape index (κ2) is 14.7. The first kappa shape index (κ1) is 30.8. The largest absolute Gasteiger partial charge is 0.462 e. The van der Waals surface area contributed by atoms with Gasteiger partial charge in [0.25, 0.3) is 0 Å². The van der Waals surface area contributed by atoms with Crippen LogP contribution in [0.1, 0.15) is 52.0 Å². The van der Waals surface area contributed by atoms with Crippen LogP contribution in [0.25, 0.3) is 0 Å². The molecule has 2 N–H and O–H groups in total. The van der Waals surface area contributed by atoms with E-state index in [9.17, 15) is 14.4 Å². The van der Waals surface area contributed by atoms with Gasteiger partial charge in [0.05, 0.1) is 24.8 Å². The highest BCUT2D eigenvalue weighted by molar-refractivity contribution is 6.30. The molecular formula is C36H36ClN3O4. The third-order valence-electron chi connectivity index (χ3n) is 7.90. The quantitative estimate of drug-likeness (QED) is 0.186. The minimum absolute atomic E-state index is 0.165. The first-order valence-corrected chi connectivity index (χ1v) is 15.3. The van der Waals surface area contributed by atoms with Crippen molar-refractivity contribution in [1.29, 1.82) is 0 Å². The van der Waals surface area contributed by atoms with Crippen LogP contribution in [0.3, 0.4) is 0 Å². The van der Waals surface area contributed by atoms with Crippen LogP contribution in [-0.4, -0.2) is 36.0 Å². The Morgan fingerprint density at radius 2 is 1.64 bits per heavy atom. The number of carbonyl (C=O) groups is 3. The first-order valence-electron chi connectivity index (χ1n) is 14.9. The normalized spacial score (nSPS) is 15.5. The molecule has 0 radical (unpaired) electrons. The van der Waals surface area contributed by atoms with Gasteiger partial charge in [-0.3, -0.25) is 4.79 Å². The van der Waals surface area contributed by atoms with E-state index in [2.05, 4.69) is 22.8 Å². The number of carbonyl (C=O) groups excluding carboxylic acids is 3. The van der Waals surface area contributed by atoms with Crippen LogP contribution in [0.5, 0.6) is 0 Å². The number of hydrogen-bond donors (Lipinski definition) is 2. The minimum Gasteiger partial charge on any atom is -0.462 e. The maximum absolute atomic E-state index is 14.1. The zero-order chi connectivity index (χ0) is 30.9. The highest BCUT2D eigenvalue weighted by Crippen LogP contribution is 2.41. The highest BCUT2D eigenvalue weighted by atomic mass is 35.5. The molecule has 0 aliphatic heterocycles. The molecular weight excluding hydrogens is 574 g/mol. The van der Waals surface area contributed by atoms with Gasteiger partial charge < -0.3 is 20.3 Å². The molecule has 44 heavy (non-hydrogen) atoms. The molecule has 8 heteroatoms. The lowest BCUT2D eigenvalue weighted by Crippen LogP contribution is -2.46. The molecule has 1 aliphatic rings. The van der Waals surface area contributed by atoms with Crippen molar-refractivity contribution in [3.8, 4) is 0 Å². The Labute approximate surface area is 263 Å². The molecule has 5 rings (SSSR count). The predicted molar refractivity (Wildman–Crippen MR) is 173 cm³/mol. The van der Waals surface area contributed by atoms with E-state index in [1.165, 1.54) is 11.1 Å². The molecule has 0 bridgehead atoms. The van der Waals surface area contributed by atoms with Gasteiger partial charge in [-0.25, -0.2) is 9.59 Å². The van der Waals surface area contributed by atoms with Crippen LogP contribution >= 0.6 is 11.6 Å². The molecule has 1 aliphatic carbocycles. The monoisotopic (exact) mass is 609 g/mol. The molecule has 0 saturated carbocycles. The Balaban J connectivity index is 1.37. The van der Waals surface area contributed by atoms with Crippen LogP contribution in [0, 0.1) is 5.92 Å². The number of amides is 3. The number of halogens is 1.